The first-order chi connectivity index (χ1) is 10.0. The van der Waals surface area contributed by atoms with Crippen LogP contribution in [-0.4, -0.2) is 29.8 Å². The topological polar surface area (TPSA) is 55.4 Å². The summed E-state index contributed by atoms with van der Waals surface area (Å²) in [7, 11) is 0. The van der Waals surface area contributed by atoms with E-state index in [0.717, 1.165) is 17.7 Å². The summed E-state index contributed by atoms with van der Waals surface area (Å²) in [6, 6.07) is 7.71. The van der Waals surface area contributed by atoms with Crippen molar-refractivity contribution in [1.29, 1.82) is 0 Å². The fraction of sp³-hybridized carbons (Fsp3) is 0.467. The Morgan fingerprint density at radius 2 is 2.05 bits per heavy atom. The molecule has 1 atom stereocenters. The van der Waals surface area contributed by atoms with Crippen molar-refractivity contribution in [2.45, 2.75) is 43.2 Å². The first-order valence-corrected chi connectivity index (χ1v) is 8.29. The standard InChI is InChI=1S/C15H18ClNO3S/c1-10(15(19)17-12-4-5-12)20-14(18)8-9-21-13-6-2-11(16)3-7-13/h2-3,6-7,10,12H,4-5,8-9H2,1H3,(H,17,19)/t10-/m1/s1. The fourth-order valence-electron chi connectivity index (χ4n) is 1.64. The van der Waals surface area contributed by atoms with E-state index in [0.29, 0.717) is 10.8 Å². The third-order valence-corrected chi connectivity index (χ3v) is 4.26. The normalized spacial score (nSPS) is 15.3. The summed E-state index contributed by atoms with van der Waals surface area (Å²) in [5.74, 6) is 0.0448. The maximum absolute atomic E-state index is 11.7. The number of nitrogens with one attached hydrogen (secondary N) is 1. The van der Waals surface area contributed by atoms with Crippen LogP contribution in [0.25, 0.3) is 0 Å². The Bertz CT molecular complexity index is 502. The van der Waals surface area contributed by atoms with Gasteiger partial charge in [-0.3, -0.25) is 9.59 Å². The zero-order valence-corrected chi connectivity index (χ0v) is 13.4. The van der Waals surface area contributed by atoms with E-state index in [1.54, 1.807) is 18.7 Å². The maximum Gasteiger partial charge on any atom is 0.307 e. The van der Waals surface area contributed by atoms with Gasteiger partial charge in [0.05, 0.1) is 6.42 Å². The Morgan fingerprint density at radius 3 is 2.67 bits per heavy atom. The lowest BCUT2D eigenvalue weighted by Gasteiger charge is -2.13. The average Bonchev–Trinajstić information content (AvgIpc) is 3.25. The van der Waals surface area contributed by atoms with Crippen molar-refractivity contribution in [2.24, 2.45) is 0 Å². The van der Waals surface area contributed by atoms with Gasteiger partial charge >= 0.3 is 5.97 Å². The molecule has 2 rings (SSSR count). The fourth-order valence-corrected chi connectivity index (χ4v) is 2.60. The van der Waals surface area contributed by atoms with Gasteiger partial charge in [0, 0.05) is 21.7 Å². The van der Waals surface area contributed by atoms with Crippen LogP contribution in [-0.2, 0) is 14.3 Å². The second kappa shape index (κ2) is 7.71. The summed E-state index contributed by atoms with van der Waals surface area (Å²) in [5, 5.41) is 3.50. The molecule has 0 aliphatic heterocycles. The molecule has 4 nitrogen and oxygen atoms in total. The molecular weight excluding hydrogens is 310 g/mol. The van der Waals surface area contributed by atoms with Crippen LogP contribution in [0.1, 0.15) is 26.2 Å². The molecule has 0 heterocycles. The molecule has 0 aromatic heterocycles. The van der Waals surface area contributed by atoms with Gasteiger partial charge in [0.2, 0.25) is 0 Å². The molecule has 21 heavy (non-hydrogen) atoms. The predicted octanol–water partition coefficient (Wildman–Crippen LogP) is 3.03. The lowest BCUT2D eigenvalue weighted by Crippen LogP contribution is -2.37. The van der Waals surface area contributed by atoms with E-state index >= 15 is 0 Å². The molecule has 6 heteroatoms. The summed E-state index contributed by atoms with van der Waals surface area (Å²) in [6.45, 7) is 1.60. The largest absolute Gasteiger partial charge is 0.453 e. The van der Waals surface area contributed by atoms with Crippen molar-refractivity contribution < 1.29 is 14.3 Å². The Kier molecular flexibility index (Phi) is 5.94. The van der Waals surface area contributed by atoms with Crippen LogP contribution in [0.3, 0.4) is 0 Å². The second-order valence-corrected chi connectivity index (χ2v) is 6.57. The van der Waals surface area contributed by atoms with Gasteiger partial charge in [-0.05, 0) is 44.0 Å². The van der Waals surface area contributed by atoms with Gasteiger partial charge < -0.3 is 10.1 Å². The monoisotopic (exact) mass is 327 g/mol. The first-order valence-electron chi connectivity index (χ1n) is 6.93. The van der Waals surface area contributed by atoms with Gasteiger partial charge in [0.15, 0.2) is 6.10 Å². The molecule has 1 N–H and O–H groups in total. The van der Waals surface area contributed by atoms with E-state index in [1.807, 2.05) is 24.3 Å². The third kappa shape index (κ3) is 5.98. The van der Waals surface area contributed by atoms with Crippen LogP contribution >= 0.6 is 23.4 Å². The van der Waals surface area contributed by atoms with Crippen LogP contribution in [0.4, 0.5) is 0 Å². The SMILES string of the molecule is C[C@@H](OC(=O)CCSc1ccc(Cl)cc1)C(=O)NC1CC1. The van der Waals surface area contributed by atoms with E-state index in [-0.39, 0.29) is 24.3 Å². The van der Waals surface area contributed by atoms with Gasteiger partial charge in [-0.1, -0.05) is 11.6 Å². The van der Waals surface area contributed by atoms with Crippen molar-refractivity contribution in [2.75, 3.05) is 5.75 Å². The smallest absolute Gasteiger partial charge is 0.307 e. The van der Waals surface area contributed by atoms with E-state index in [2.05, 4.69) is 5.32 Å². The predicted molar refractivity (Wildman–Crippen MR) is 83.5 cm³/mol. The van der Waals surface area contributed by atoms with Gasteiger partial charge in [0.25, 0.3) is 5.91 Å². The molecule has 1 aliphatic rings. The highest BCUT2D eigenvalue weighted by molar-refractivity contribution is 7.99. The molecule has 0 saturated heterocycles. The number of thioether (sulfide) groups is 1. The molecule has 1 fully saturated rings. The van der Waals surface area contributed by atoms with E-state index in [1.165, 1.54) is 0 Å². The minimum Gasteiger partial charge on any atom is -0.453 e. The molecule has 1 aromatic carbocycles. The van der Waals surface area contributed by atoms with E-state index in [9.17, 15) is 9.59 Å². The Hall–Kier alpha value is -1.20. The average molecular weight is 328 g/mol. The van der Waals surface area contributed by atoms with E-state index in [4.69, 9.17) is 16.3 Å². The Labute approximate surface area is 133 Å². The number of esters is 1. The van der Waals surface area contributed by atoms with Crippen molar-refractivity contribution in [1.82, 2.24) is 5.32 Å². The zero-order chi connectivity index (χ0) is 15.2. The highest BCUT2D eigenvalue weighted by atomic mass is 35.5. The highest BCUT2D eigenvalue weighted by Crippen LogP contribution is 2.21. The number of hydrogen-bond acceptors (Lipinski definition) is 4. The maximum atomic E-state index is 11.7. The molecule has 114 valence electrons. The van der Waals surface area contributed by atoms with Crippen molar-refractivity contribution in [3.05, 3.63) is 29.3 Å². The second-order valence-electron chi connectivity index (χ2n) is 4.97. The molecule has 1 amide bonds. The summed E-state index contributed by atoms with van der Waals surface area (Å²) in [6.07, 6.45) is 1.58. The quantitative estimate of drug-likeness (QED) is 0.618. The summed E-state index contributed by atoms with van der Waals surface area (Å²) >= 11 is 7.36. The van der Waals surface area contributed by atoms with Gasteiger partial charge in [-0.2, -0.15) is 0 Å². The number of halogens is 1. The van der Waals surface area contributed by atoms with Crippen LogP contribution in [0.5, 0.6) is 0 Å². The summed E-state index contributed by atoms with van der Waals surface area (Å²) in [4.78, 5) is 24.4. The van der Waals surface area contributed by atoms with Gasteiger partial charge in [-0.25, -0.2) is 0 Å². The molecule has 0 bridgehead atoms. The molecular formula is C15H18ClNO3S. The molecule has 1 aliphatic carbocycles. The van der Waals surface area contributed by atoms with Gasteiger partial charge in [-0.15, -0.1) is 11.8 Å². The number of benzene rings is 1. The van der Waals surface area contributed by atoms with E-state index < -0.39 is 6.10 Å². The van der Waals surface area contributed by atoms with Crippen LogP contribution in [0.15, 0.2) is 29.2 Å². The van der Waals surface area contributed by atoms with Crippen LogP contribution < -0.4 is 5.32 Å². The van der Waals surface area contributed by atoms with Crippen molar-refractivity contribution in [3.63, 3.8) is 0 Å². The third-order valence-electron chi connectivity index (χ3n) is 2.99. The van der Waals surface area contributed by atoms with Gasteiger partial charge in [0.1, 0.15) is 0 Å². The molecule has 1 aromatic rings. The zero-order valence-electron chi connectivity index (χ0n) is 11.8. The first kappa shape index (κ1) is 16.2. The van der Waals surface area contributed by atoms with Crippen LogP contribution in [0.2, 0.25) is 5.02 Å². The minimum atomic E-state index is -0.723. The lowest BCUT2D eigenvalue weighted by atomic mass is 10.3. The number of hydrogen-bond donors (Lipinski definition) is 1. The van der Waals surface area contributed by atoms with Crippen molar-refractivity contribution >= 4 is 35.2 Å². The molecule has 1 saturated carbocycles. The summed E-state index contributed by atoms with van der Waals surface area (Å²) < 4.78 is 5.11. The lowest BCUT2D eigenvalue weighted by molar-refractivity contribution is -0.154. The Morgan fingerprint density at radius 1 is 1.38 bits per heavy atom. The number of rotatable bonds is 7. The molecule has 0 radical (unpaired) electrons. The van der Waals surface area contributed by atoms with Crippen LogP contribution in [0, 0.1) is 0 Å². The number of carbonyl (C=O) groups excluding carboxylic acids is 2. The van der Waals surface area contributed by atoms with Crippen molar-refractivity contribution in [3.8, 4) is 0 Å². The number of ether oxygens (including phenoxy) is 1. The molecule has 0 spiro atoms. The summed E-state index contributed by atoms with van der Waals surface area (Å²) in [5.41, 5.74) is 0. The Balaban J connectivity index is 1.64. The highest BCUT2D eigenvalue weighted by Gasteiger charge is 2.27. The minimum absolute atomic E-state index is 0.212. The number of amides is 1. The number of carbonyl (C=O) groups is 2. The molecule has 0 unspecified atom stereocenters.